The van der Waals surface area contributed by atoms with Gasteiger partial charge in [-0.3, -0.25) is 4.90 Å². The van der Waals surface area contributed by atoms with Crippen LogP contribution in [0.4, 0.5) is 36.8 Å². The summed E-state index contributed by atoms with van der Waals surface area (Å²) < 4.78 is 85.8. The fraction of sp³-hybridized carbons (Fsp3) is 0.480. The number of rotatable bonds is 5. The molecule has 2 saturated heterocycles. The van der Waals surface area contributed by atoms with E-state index in [0.29, 0.717) is 19.8 Å². The van der Waals surface area contributed by atoms with Gasteiger partial charge in [0.1, 0.15) is 0 Å². The van der Waals surface area contributed by atoms with Crippen molar-refractivity contribution in [2.45, 2.75) is 25.0 Å². The summed E-state index contributed by atoms with van der Waals surface area (Å²) in [5.41, 5.74) is 4.21. The van der Waals surface area contributed by atoms with E-state index in [4.69, 9.17) is 4.74 Å². The van der Waals surface area contributed by atoms with Crippen LogP contribution in [0.2, 0.25) is 0 Å². The van der Waals surface area contributed by atoms with E-state index in [9.17, 15) is 31.1 Å². The number of amides is 1. The lowest BCUT2D eigenvalue weighted by Gasteiger charge is -2.36. The highest BCUT2D eigenvalue weighted by atomic mass is 19.4. The van der Waals surface area contributed by atoms with Crippen molar-refractivity contribution in [2.24, 2.45) is 0 Å². The van der Waals surface area contributed by atoms with Crippen molar-refractivity contribution in [3.8, 4) is 11.1 Å². The molecule has 0 saturated carbocycles. The van der Waals surface area contributed by atoms with Crippen molar-refractivity contribution in [1.82, 2.24) is 9.80 Å². The van der Waals surface area contributed by atoms with Crippen LogP contribution in [-0.2, 0) is 16.0 Å². The Morgan fingerprint density at radius 1 is 0.838 bits per heavy atom. The molecule has 37 heavy (non-hydrogen) atoms. The molecule has 2 fully saturated rings. The van der Waals surface area contributed by atoms with Gasteiger partial charge in [-0.2, -0.15) is 26.3 Å². The Morgan fingerprint density at radius 3 is 2.05 bits per heavy atom. The van der Waals surface area contributed by atoms with E-state index in [1.54, 1.807) is 0 Å². The van der Waals surface area contributed by atoms with Crippen LogP contribution in [0.25, 0.3) is 11.1 Å². The minimum atomic E-state index is -5.74. The van der Waals surface area contributed by atoms with Crippen molar-refractivity contribution in [3.05, 3.63) is 54.1 Å². The number of ether oxygens (including phenoxy) is 2. The highest BCUT2D eigenvalue weighted by Crippen LogP contribution is 2.36. The molecule has 0 radical (unpaired) electrons. The first-order chi connectivity index (χ1) is 17.5. The zero-order chi connectivity index (χ0) is 26.6. The fourth-order valence-corrected chi connectivity index (χ4v) is 4.43. The number of alkyl halides is 6. The molecular weight excluding hydrogens is 504 g/mol. The molecule has 0 aromatic heterocycles. The summed E-state index contributed by atoms with van der Waals surface area (Å²) in [4.78, 5) is 17.2. The maximum absolute atomic E-state index is 12.7. The van der Waals surface area contributed by atoms with Gasteiger partial charge in [0.05, 0.1) is 13.2 Å². The molecule has 0 spiro atoms. The van der Waals surface area contributed by atoms with Crippen LogP contribution in [0, 0.1) is 0 Å². The molecule has 2 aliphatic heterocycles. The molecule has 1 amide bonds. The van der Waals surface area contributed by atoms with Crippen molar-refractivity contribution in [1.29, 1.82) is 0 Å². The minimum Gasteiger partial charge on any atom is -0.426 e. The second-order valence-electron chi connectivity index (χ2n) is 8.92. The second-order valence-corrected chi connectivity index (χ2v) is 8.92. The zero-order valence-corrected chi connectivity index (χ0v) is 19.9. The van der Waals surface area contributed by atoms with E-state index >= 15 is 0 Å². The lowest BCUT2D eigenvalue weighted by atomic mass is 10.0. The van der Waals surface area contributed by atoms with Gasteiger partial charge in [-0.05, 0) is 22.8 Å². The molecule has 2 heterocycles. The monoisotopic (exact) mass is 531 g/mol. The summed E-state index contributed by atoms with van der Waals surface area (Å²) in [7, 11) is 0. The standard InChI is InChI=1S/C25H27F6N3O3/c26-24(27,28)22(25(29,30)31)37-23(35)34-10-8-32(9-11-34)17-20-7-6-19(18-4-2-1-3-5-18)16-21(20)33-12-14-36-15-13-33/h1-7,16,22H,8-15,17H2. The first-order valence-corrected chi connectivity index (χ1v) is 11.8. The number of benzene rings is 2. The average molecular weight is 531 g/mol. The van der Waals surface area contributed by atoms with Gasteiger partial charge in [0, 0.05) is 51.5 Å². The Balaban J connectivity index is 1.42. The third kappa shape index (κ3) is 6.86. The number of carbonyl (C=O) groups excluding carboxylic acids is 1. The summed E-state index contributed by atoms with van der Waals surface area (Å²) in [6, 6.07) is 16.1. The summed E-state index contributed by atoms with van der Waals surface area (Å²) in [6.07, 6.45) is -17.3. The predicted octanol–water partition coefficient (Wildman–Crippen LogP) is 4.94. The molecule has 2 aliphatic rings. The van der Waals surface area contributed by atoms with Crippen LogP contribution < -0.4 is 4.90 Å². The number of morpholine rings is 1. The molecular formula is C25H27F6N3O3. The van der Waals surface area contributed by atoms with Crippen molar-refractivity contribution < 1.29 is 40.6 Å². The first kappa shape index (κ1) is 27.1. The number of piperazine rings is 1. The number of carbonyl (C=O) groups is 1. The van der Waals surface area contributed by atoms with Crippen molar-refractivity contribution >= 4 is 11.8 Å². The lowest BCUT2D eigenvalue weighted by molar-refractivity contribution is -0.308. The smallest absolute Gasteiger partial charge is 0.426 e. The predicted molar refractivity (Wildman–Crippen MR) is 124 cm³/mol. The largest absolute Gasteiger partial charge is 0.434 e. The molecule has 6 nitrogen and oxygen atoms in total. The molecule has 202 valence electrons. The van der Waals surface area contributed by atoms with E-state index in [1.165, 1.54) is 0 Å². The third-order valence-electron chi connectivity index (χ3n) is 6.38. The highest BCUT2D eigenvalue weighted by molar-refractivity contribution is 5.71. The Bertz CT molecular complexity index is 1040. The number of nitrogens with zero attached hydrogens (tertiary/aromatic N) is 3. The van der Waals surface area contributed by atoms with E-state index in [0.717, 1.165) is 40.4 Å². The maximum atomic E-state index is 12.7. The number of anilines is 1. The van der Waals surface area contributed by atoms with Crippen molar-refractivity contribution in [2.75, 3.05) is 57.4 Å². The Morgan fingerprint density at radius 2 is 1.46 bits per heavy atom. The topological polar surface area (TPSA) is 45.2 Å². The average Bonchev–Trinajstić information content (AvgIpc) is 2.87. The lowest BCUT2D eigenvalue weighted by Crippen LogP contribution is -2.52. The van der Waals surface area contributed by atoms with Gasteiger partial charge in [-0.15, -0.1) is 0 Å². The van der Waals surface area contributed by atoms with E-state index < -0.39 is 24.5 Å². The van der Waals surface area contributed by atoms with Gasteiger partial charge < -0.3 is 19.3 Å². The van der Waals surface area contributed by atoms with Gasteiger partial charge in [-0.25, -0.2) is 4.79 Å². The van der Waals surface area contributed by atoms with Gasteiger partial charge in [0.2, 0.25) is 0 Å². The number of hydrogen-bond donors (Lipinski definition) is 0. The molecule has 0 aliphatic carbocycles. The van der Waals surface area contributed by atoms with Crippen LogP contribution in [0.3, 0.4) is 0 Å². The van der Waals surface area contributed by atoms with Crippen LogP contribution in [0.5, 0.6) is 0 Å². The summed E-state index contributed by atoms with van der Waals surface area (Å²) in [6.45, 7) is 3.64. The fourth-order valence-electron chi connectivity index (χ4n) is 4.43. The molecule has 4 rings (SSSR count). The van der Waals surface area contributed by atoms with Crippen molar-refractivity contribution in [3.63, 3.8) is 0 Å². The Hall–Kier alpha value is -2.99. The minimum absolute atomic E-state index is 0.0454. The molecule has 0 bridgehead atoms. The number of hydrogen-bond acceptors (Lipinski definition) is 5. The van der Waals surface area contributed by atoms with E-state index in [-0.39, 0.29) is 26.2 Å². The summed E-state index contributed by atoms with van der Waals surface area (Å²) >= 11 is 0. The third-order valence-corrected chi connectivity index (χ3v) is 6.38. The maximum Gasteiger partial charge on any atom is 0.434 e. The van der Waals surface area contributed by atoms with Gasteiger partial charge in [-0.1, -0.05) is 42.5 Å². The molecule has 0 atom stereocenters. The zero-order valence-electron chi connectivity index (χ0n) is 19.9. The van der Waals surface area contributed by atoms with Crippen LogP contribution in [0.1, 0.15) is 5.56 Å². The molecule has 12 heteroatoms. The number of halogens is 6. The normalized spacial score (nSPS) is 17.8. The SMILES string of the molecule is O=C(OC(C(F)(F)F)C(F)(F)F)N1CCN(Cc2ccc(-c3ccccc3)cc2N2CCOCC2)CC1. The first-order valence-electron chi connectivity index (χ1n) is 11.8. The Labute approximate surface area is 210 Å². The second kappa shape index (κ2) is 11.2. The van der Waals surface area contributed by atoms with Gasteiger partial charge >= 0.3 is 18.4 Å². The van der Waals surface area contributed by atoms with Crippen LogP contribution >= 0.6 is 0 Å². The van der Waals surface area contributed by atoms with Gasteiger partial charge in [0.25, 0.3) is 6.10 Å². The quantitative estimate of drug-likeness (QED) is 0.512. The van der Waals surface area contributed by atoms with E-state index in [1.807, 2.05) is 47.4 Å². The summed E-state index contributed by atoms with van der Waals surface area (Å²) in [5.74, 6) is 0. The van der Waals surface area contributed by atoms with Gasteiger partial charge in [0.15, 0.2) is 0 Å². The Kier molecular flexibility index (Phi) is 8.17. The molecule has 0 N–H and O–H groups in total. The summed E-state index contributed by atoms with van der Waals surface area (Å²) in [5, 5.41) is 0. The molecule has 2 aromatic rings. The van der Waals surface area contributed by atoms with Crippen LogP contribution in [0.15, 0.2) is 48.5 Å². The molecule has 2 aromatic carbocycles. The van der Waals surface area contributed by atoms with Crippen LogP contribution in [-0.4, -0.2) is 86.8 Å². The van der Waals surface area contributed by atoms with E-state index in [2.05, 4.69) is 15.7 Å². The molecule has 0 unspecified atom stereocenters. The highest BCUT2D eigenvalue weighted by Gasteiger charge is 2.60.